The van der Waals surface area contributed by atoms with Gasteiger partial charge in [0.05, 0.1) is 17.6 Å². The van der Waals surface area contributed by atoms with Gasteiger partial charge in [0.2, 0.25) is 16.0 Å². The van der Waals surface area contributed by atoms with E-state index >= 15 is 0 Å². The van der Waals surface area contributed by atoms with Gasteiger partial charge < -0.3 is 4.90 Å². The van der Waals surface area contributed by atoms with Crippen molar-refractivity contribution < 1.29 is 8.42 Å². The lowest BCUT2D eigenvalue weighted by Crippen LogP contribution is -2.34. The minimum Gasteiger partial charge on any atom is -0.339 e. The van der Waals surface area contributed by atoms with Crippen molar-refractivity contribution in [3.8, 4) is 11.4 Å². The number of pyridine rings is 1. The van der Waals surface area contributed by atoms with Crippen LogP contribution in [0.2, 0.25) is 0 Å². The number of nitrogens with zero attached hydrogens (tertiary/aromatic N) is 5. The van der Waals surface area contributed by atoms with Crippen molar-refractivity contribution in [3.05, 3.63) is 36.7 Å². The van der Waals surface area contributed by atoms with Crippen molar-refractivity contribution in [2.75, 3.05) is 37.3 Å². The maximum Gasteiger partial charge on any atom is 0.225 e. The molecule has 0 amide bonds. The van der Waals surface area contributed by atoms with Crippen LogP contribution in [-0.2, 0) is 10.0 Å². The lowest BCUT2D eigenvalue weighted by atomic mass is 10.2. The maximum atomic E-state index is 11.7. The Labute approximate surface area is 136 Å². The first-order valence-corrected chi connectivity index (χ1v) is 9.33. The number of rotatable bonds is 3. The van der Waals surface area contributed by atoms with Crippen LogP contribution >= 0.6 is 0 Å². The van der Waals surface area contributed by atoms with Crippen molar-refractivity contribution in [2.24, 2.45) is 0 Å². The highest BCUT2D eigenvalue weighted by molar-refractivity contribution is 7.88. The summed E-state index contributed by atoms with van der Waals surface area (Å²) in [6.45, 7) is 2.31. The van der Waals surface area contributed by atoms with Gasteiger partial charge in [-0.3, -0.25) is 4.98 Å². The molecule has 0 bridgehead atoms. The number of hydrogen-bond acceptors (Lipinski definition) is 6. The Morgan fingerprint density at radius 3 is 2.57 bits per heavy atom. The van der Waals surface area contributed by atoms with Gasteiger partial charge in [-0.05, 0) is 24.6 Å². The lowest BCUT2D eigenvalue weighted by Gasteiger charge is -2.21. The van der Waals surface area contributed by atoms with Crippen molar-refractivity contribution in [2.45, 2.75) is 6.42 Å². The highest BCUT2D eigenvalue weighted by Gasteiger charge is 2.22. The van der Waals surface area contributed by atoms with Crippen LogP contribution in [0.3, 0.4) is 0 Å². The minimum absolute atomic E-state index is 0.454. The average molecular weight is 333 g/mol. The van der Waals surface area contributed by atoms with Gasteiger partial charge in [0, 0.05) is 38.6 Å². The smallest absolute Gasteiger partial charge is 0.225 e. The van der Waals surface area contributed by atoms with Gasteiger partial charge in [-0.15, -0.1) is 0 Å². The predicted octanol–water partition coefficient (Wildman–Crippen LogP) is 1.01. The fourth-order valence-electron chi connectivity index (χ4n) is 2.58. The molecule has 1 aliphatic rings. The van der Waals surface area contributed by atoms with Crippen LogP contribution < -0.4 is 4.90 Å². The molecule has 1 fully saturated rings. The van der Waals surface area contributed by atoms with Gasteiger partial charge in [0.1, 0.15) is 0 Å². The molecule has 23 heavy (non-hydrogen) atoms. The number of sulfonamides is 1. The zero-order valence-electron chi connectivity index (χ0n) is 13.0. The van der Waals surface area contributed by atoms with Gasteiger partial charge in [0.25, 0.3) is 0 Å². The molecule has 0 aromatic carbocycles. The van der Waals surface area contributed by atoms with Crippen molar-refractivity contribution in [1.82, 2.24) is 19.3 Å². The van der Waals surface area contributed by atoms with Gasteiger partial charge >= 0.3 is 0 Å². The van der Waals surface area contributed by atoms with Crippen LogP contribution in [0.5, 0.6) is 0 Å². The van der Waals surface area contributed by atoms with E-state index < -0.39 is 10.0 Å². The Morgan fingerprint density at radius 2 is 1.83 bits per heavy atom. The molecule has 0 atom stereocenters. The zero-order chi connectivity index (χ0) is 16.3. The van der Waals surface area contributed by atoms with Crippen LogP contribution in [0.25, 0.3) is 11.4 Å². The maximum absolute atomic E-state index is 11.7. The highest BCUT2D eigenvalue weighted by Crippen LogP contribution is 2.18. The lowest BCUT2D eigenvalue weighted by molar-refractivity contribution is 0.437. The molecule has 1 saturated heterocycles. The van der Waals surface area contributed by atoms with Crippen LogP contribution in [-0.4, -0.2) is 60.1 Å². The number of hydrogen-bond donors (Lipinski definition) is 0. The molecule has 0 saturated carbocycles. The summed E-state index contributed by atoms with van der Waals surface area (Å²) in [6.07, 6.45) is 5.45. The normalized spacial score (nSPS) is 17.0. The van der Waals surface area contributed by atoms with Crippen LogP contribution in [0.1, 0.15) is 6.42 Å². The average Bonchev–Trinajstić information content (AvgIpc) is 2.82. The van der Waals surface area contributed by atoms with Crippen LogP contribution in [0.4, 0.5) is 5.95 Å². The fourth-order valence-corrected chi connectivity index (χ4v) is 3.46. The van der Waals surface area contributed by atoms with E-state index in [0.29, 0.717) is 25.6 Å². The quantitative estimate of drug-likeness (QED) is 0.834. The van der Waals surface area contributed by atoms with E-state index in [2.05, 4.69) is 15.0 Å². The molecule has 0 N–H and O–H groups in total. The van der Waals surface area contributed by atoms with Gasteiger partial charge in [-0.2, -0.15) is 0 Å². The SMILES string of the molecule is CS(=O)(=O)N1CCCN(c2nccc(-c3ccccn3)n2)CC1. The summed E-state index contributed by atoms with van der Waals surface area (Å²) in [7, 11) is -3.15. The highest BCUT2D eigenvalue weighted by atomic mass is 32.2. The third kappa shape index (κ3) is 3.83. The van der Waals surface area contributed by atoms with Crippen LogP contribution in [0.15, 0.2) is 36.7 Å². The molecule has 0 radical (unpaired) electrons. The molecule has 0 spiro atoms. The molecule has 2 aromatic rings. The Morgan fingerprint density at radius 1 is 0.957 bits per heavy atom. The molecule has 1 aliphatic heterocycles. The Kier molecular flexibility index (Phi) is 4.53. The fraction of sp³-hybridized carbons (Fsp3) is 0.400. The second kappa shape index (κ2) is 6.59. The summed E-state index contributed by atoms with van der Waals surface area (Å²) in [5, 5.41) is 0. The summed E-state index contributed by atoms with van der Waals surface area (Å²) >= 11 is 0. The minimum atomic E-state index is -3.15. The van der Waals surface area contributed by atoms with E-state index in [9.17, 15) is 8.42 Å². The topological polar surface area (TPSA) is 79.3 Å². The second-order valence-corrected chi connectivity index (χ2v) is 7.44. The van der Waals surface area contributed by atoms with E-state index in [1.165, 1.54) is 10.6 Å². The van der Waals surface area contributed by atoms with Gasteiger partial charge in [0.15, 0.2) is 0 Å². The van der Waals surface area contributed by atoms with Gasteiger partial charge in [-0.25, -0.2) is 22.7 Å². The standard InChI is InChI=1S/C15H19N5O2S/c1-23(21,22)20-10-4-9-19(11-12-20)15-17-8-6-14(18-15)13-5-2-3-7-16-13/h2-3,5-8H,4,9-12H2,1H3. The van der Waals surface area contributed by atoms with Gasteiger partial charge in [-0.1, -0.05) is 6.07 Å². The molecule has 8 heteroatoms. The van der Waals surface area contributed by atoms with Crippen LogP contribution in [0, 0.1) is 0 Å². The molecule has 7 nitrogen and oxygen atoms in total. The summed E-state index contributed by atoms with van der Waals surface area (Å²) < 4.78 is 24.9. The largest absolute Gasteiger partial charge is 0.339 e. The second-order valence-electron chi connectivity index (χ2n) is 5.46. The summed E-state index contributed by atoms with van der Waals surface area (Å²) in [5.41, 5.74) is 1.56. The molecule has 3 heterocycles. The first kappa shape index (κ1) is 15.8. The molecule has 0 unspecified atom stereocenters. The third-order valence-corrected chi connectivity index (χ3v) is 5.08. The molecule has 2 aromatic heterocycles. The molecular formula is C15H19N5O2S. The predicted molar refractivity (Wildman–Crippen MR) is 88.5 cm³/mol. The monoisotopic (exact) mass is 333 g/mol. The van der Waals surface area contributed by atoms with Crippen molar-refractivity contribution >= 4 is 16.0 Å². The summed E-state index contributed by atoms with van der Waals surface area (Å²) in [4.78, 5) is 15.2. The Bertz CT molecular complexity index is 766. The molecule has 0 aliphatic carbocycles. The number of aromatic nitrogens is 3. The molecule has 3 rings (SSSR count). The van der Waals surface area contributed by atoms with E-state index in [-0.39, 0.29) is 0 Å². The number of anilines is 1. The van der Waals surface area contributed by atoms with E-state index in [1.54, 1.807) is 12.4 Å². The Balaban J connectivity index is 1.80. The first-order valence-electron chi connectivity index (χ1n) is 7.48. The summed E-state index contributed by atoms with van der Waals surface area (Å²) in [6, 6.07) is 7.51. The summed E-state index contributed by atoms with van der Waals surface area (Å²) in [5.74, 6) is 0.614. The van der Waals surface area contributed by atoms with E-state index in [0.717, 1.165) is 24.4 Å². The zero-order valence-corrected chi connectivity index (χ0v) is 13.8. The van der Waals surface area contributed by atoms with E-state index in [1.807, 2.05) is 29.2 Å². The Hall–Kier alpha value is -2.06. The van der Waals surface area contributed by atoms with Crippen molar-refractivity contribution in [3.63, 3.8) is 0 Å². The first-order chi connectivity index (χ1) is 11.0. The molecule has 122 valence electrons. The molecular weight excluding hydrogens is 314 g/mol. The van der Waals surface area contributed by atoms with E-state index in [4.69, 9.17) is 0 Å². The third-order valence-electron chi connectivity index (χ3n) is 3.78. The van der Waals surface area contributed by atoms with Crippen molar-refractivity contribution in [1.29, 1.82) is 0 Å².